The molecule has 2 aromatic carbocycles. The Morgan fingerprint density at radius 3 is 1.32 bits per heavy atom. The molecule has 2 aromatic rings. The molecule has 22 heavy (non-hydrogen) atoms. The molecule has 2 nitrogen and oxygen atoms in total. The molecule has 0 spiro atoms. The van der Waals surface area contributed by atoms with Crippen molar-refractivity contribution in [3.63, 3.8) is 0 Å². The van der Waals surface area contributed by atoms with Crippen molar-refractivity contribution in [2.24, 2.45) is 0 Å². The van der Waals surface area contributed by atoms with Crippen LogP contribution in [0.4, 0.5) is 0 Å². The zero-order valence-corrected chi connectivity index (χ0v) is 14.5. The van der Waals surface area contributed by atoms with Gasteiger partial charge < -0.3 is 9.47 Å². The summed E-state index contributed by atoms with van der Waals surface area (Å²) in [5.41, 5.74) is 7.16. The van der Waals surface area contributed by atoms with Crippen molar-refractivity contribution in [3.8, 4) is 22.6 Å². The molecule has 0 fully saturated rings. The Hall–Kier alpha value is -1.96. The molecule has 0 aromatic heterocycles. The first-order valence-electron chi connectivity index (χ1n) is 7.96. The molecular formula is C20H26O2. The van der Waals surface area contributed by atoms with Gasteiger partial charge in [-0.1, -0.05) is 12.1 Å². The summed E-state index contributed by atoms with van der Waals surface area (Å²) in [6, 6.07) is 8.63. The van der Waals surface area contributed by atoms with E-state index in [9.17, 15) is 0 Å². The number of hydrogen-bond acceptors (Lipinski definition) is 2. The number of rotatable bonds is 5. The maximum Gasteiger partial charge on any atom is 0.127 e. The van der Waals surface area contributed by atoms with Gasteiger partial charge in [-0.3, -0.25) is 0 Å². The van der Waals surface area contributed by atoms with Crippen LogP contribution in [0.5, 0.6) is 11.5 Å². The van der Waals surface area contributed by atoms with Crippen LogP contribution >= 0.6 is 0 Å². The van der Waals surface area contributed by atoms with Crippen molar-refractivity contribution in [1.29, 1.82) is 0 Å². The van der Waals surface area contributed by atoms with Gasteiger partial charge in [0.25, 0.3) is 0 Å². The highest BCUT2D eigenvalue weighted by Crippen LogP contribution is 2.42. The third-order valence-corrected chi connectivity index (χ3v) is 3.74. The average Bonchev–Trinajstić information content (AvgIpc) is 2.41. The maximum absolute atomic E-state index is 5.92. The van der Waals surface area contributed by atoms with E-state index in [1.165, 1.54) is 22.3 Å². The van der Waals surface area contributed by atoms with Gasteiger partial charge >= 0.3 is 0 Å². The van der Waals surface area contributed by atoms with Crippen LogP contribution in [0.15, 0.2) is 24.3 Å². The monoisotopic (exact) mass is 298 g/mol. The highest BCUT2D eigenvalue weighted by Gasteiger charge is 2.18. The summed E-state index contributed by atoms with van der Waals surface area (Å²) in [6.07, 6.45) is 0. The Labute approximate surface area is 134 Å². The van der Waals surface area contributed by atoms with E-state index in [1.54, 1.807) is 0 Å². The molecule has 2 heteroatoms. The van der Waals surface area contributed by atoms with Crippen LogP contribution in [-0.2, 0) is 0 Å². The molecule has 0 amide bonds. The predicted octanol–water partition coefficient (Wildman–Crippen LogP) is 5.38. The van der Waals surface area contributed by atoms with Gasteiger partial charge in [0.05, 0.1) is 13.2 Å². The van der Waals surface area contributed by atoms with Crippen molar-refractivity contribution in [2.75, 3.05) is 13.2 Å². The molecule has 0 atom stereocenters. The number of hydrogen-bond donors (Lipinski definition) is 0. The predicted molar refractivity (Wildman–Crippen MR) is 93.2 cm³/mol. The quantitative estimate of drug-likeness (QED) is 0.737. The molecular weight excluding hydrogens is 272 g/mol. The average molecular weight is 298 g/mol. The molecule has 118 valence electrons. The number of benzene rings is 2. The fourth-order valence-corrected chi connectivity index (χ4v) is 3.04. The Morgan fingerprint density at radius 1 is 0.636 bits per heavy atom. The smallest absolute Gasteiger partial charge is 0.127 e. The van der Waals surface area contributed by atoms with E-state index in [2.05, 4.69) is 52.0 Å². The zero-order chi connectivity index (χ0) is 16.3. The van der Waals surface area contributed by atoms with Crippen molar-refractivity contribution in [1.82, 2.24) is 0 Å². The molecule has 0 bridgehead atoms. The van der Waals surface area contributed by atoms with Gasteiger partial charge in [-0.05, 0) is 75.9 Å². The molecule has 0 aliphatic carbocycles. The maximum atomic E-state index is 5.92. The Morgan fingerprint density at radius 2 is 1.00 bits per heavy atom. The van der Waals surface area contributed by atoms with Gasteiger partial charge in [-0.2, -0.15) is 0 Å². The Kier molecular flexibility index (Phi) is 5.12. The van der Waals surface area contributed by atoms with Crippen LogP contribution in [0.25, 0.3) is 11.1 Å². The standard InChI is InChI=1S/C20H26O2/c1-7-21-17-11-13(3)9-15(5)19(17)20-16(6)10-14(4)12-18(20)22-8-2/h9-12H,7-8H2,1-6H3. The molecule has 0 saturated carbocycles. The topological polar surface area (TPSA) is 18.5 Å². The summed E-state index contributed by atoms with van der Waals surface area (Å²) in [5, 5.41) is 0. The first-order valence-corrected chi connectivity index (χ1v) is 7.96. The lowest BCUT2D eigenvalue weighted by molar-refractivity contribution is 0.336. The van der Waals surface area contributed by atoms with E-state index < -0.39 is 0 Å². The lowest BCUT2D eigenvalue weighted by Crippen LogP contribution is -2.02. The minimum absolute atomic E-state index is 0.658. The largest absolute Gasteiger partial charge is 0.493 e. The van der Waals surface area contributed by atoms with E-state index in [0.717, 1.165) is 22.6 Å². The van der Waals surface area contributed by atoms with E-state index in [1.807, 2.05) is 13.8 Å². The van der Waals surface area contributed by atoms with E-state index in [0.29, 0.717) is 13.2 Å². The first-order chi connectivity index (χ1) is 10.5. The summed E-state index contributed by atoms with van der Waals surface area (Å²) in [7, 11) is 0. The van der Waals surface area contributed by atoms with Gasteiger partial charge in [0.2, 0.25) is 0 Å². The van der Waals surface area contributed by atoms with Crippen LogP contribution < -0.4 is 9.47 Å². The van der Waals surface area contributed by atoms with Crippen LogP contribution in [0.2, 0.25) is 0 Å². The van der Waals surface area contributed by atoms with Crippen LogP contribution in [0.3, 0.4) is 0 Å². The lowest BCUT2D eigenvalue weighted by Gasteiger charge is -2.20. The SMILES string of the molecule is CCOc1cc(C)cc(C)c1-c1c(C)cc(C)cc1OCC. The fourth-order valence-electron chi connectivity index (χ4n) is 3.04. The molecule has 0 aliphatic heterocycles. The van der Waals surface area contributed by atoms with Crippen molar-refractivity contribution in [2.45, 2.75) is 41.5 Å². The van der Waals surface area contributed by atoms with Crippen LogP contribution in [0.1, 0.15) is 36.1 Å². The summed E-state index contributed by atoms with van der Waals surface area (Å²) in [5.74, 6) is 1.88. The fraction of sp³-hybridized carbons (Fsp3) is 0.400. The lowest BCUT2D eigenvalue weighted by atomic mass is 9.92. The molecule has 0 radical (unpaired) electrons. The molecule has 0 N–H and O–H groups in total. The zero-order valence-electron chi connectivity index (χ0n) is 14.5. The van der Waals surface area contributed by atoms with Crippen LogP contribution in [0, 0.1) is 27.7 Å². The van der Waals surface area contributed by atoms with E-state index >= 15 is 0 Å². The van der Waals surface area contributed by atoms with Gasteiger partial charge in [0.1, 0.15) is 11.5 Å². The van der Waals surface area contributed by atoms with Gasteiger partial charge in [-0.25, -0.2) is 0 Å². The highest BCUT2D eigenvalue weighted by molar-refractivity contribution is 5.82. The Balaban J connectivity index is 2.75. The molecule has 0 saturated heterocycles. The highest BCUT2D eigenvalue weighted by atomic mass is 16.5. The van der Waals surface area contributed by atoms with Gasteiger partial charge in [0.15, 0.2) is 0 Å². The second-order valence-electron chi connectivity index (χ2n) is 5.78. The van der Waals surface area contributed by atoms with Gasteiger partial charge in [-0.15, -0.1) is 0 Å². The molecule has 0 heterocycles. The number of aryl methyl sites for hydroxylation is 4. The summed E-state index contributed by atoms with van der Waals surface area (Å²) >= 11 is 0. The second kappa shape index (κ2) is 6.87. The van der Waals surface area contributed by atoms with Crippen molar-refractivity contribution in [3.05, 3.63) is 46.5 Å². The minimum atomic E-state index is 0.658. The van der Waals surface area contributed by atoms with E-state index in [4.69, 9.17) is 9.47 Å². The van der Waals surface area contributed by atoms with Crippen LogP contribution in [-0.4, -0.2) is 13.2 Å². The summed E-state index contributed by atoms with van der Waals surface area (Å²) in [4.78, 5) is 0. The summed E-state index contributed by atoms with van der Waals surface area (Å²) < 4.78 is 11.8. The first kappa shape index (κ1) is 16.4. The van der Waals surface area contributed by atoms with Gasteiger partial charge in [0, 0.05) is 11.1 Å². The Bertz CT molecular complexity index is 612. The molecule has 0 aliphatic rings. The normalized spacial score (nSPS) is 10.6. The third-order valence-electron chi connectivity index (χ3n) is 3.74. The molecule has 0 unspecified atom stereocenters. The van der Waals surface area contributed by atoms with Crippen molar-refractivity contribution < 1.29 is 9.47 Å². The summed E-state index contributed by atoms with van der Waals surface area (Å²) in [6.45, 7) is 13.8. The molecule has 2 rings (SSSR count). The van der Waals surface area contributed by atoms with E-state index in [-0.39, 0.29) is 0 Å². The number of ether oxygens (including phenoxy) is 2. The van der Waals surface area contributed by atoms with Crippen molar-refractivity contribution >= 4 is 0 Å². The second-order valence-corrected chi connectivity index (χ2v) is 5.78. The third kappa shape index (κ3) is 3.27. The minimum Gasteiger partial charge on any atom is -0.493 e.